The van der Waals surface area contributed by atoms with Crippen molar-refractivity contribution in [1.29, 1.82) is 0 Å². The van der Waals surface area contributed by atoms with Gasteiger partial charge in [-0.3, -0.25) is 10.1 Å². The van der Waals surface area contributed by atoms with Crippen molar-refractivity contribution in [1.82, 2.24) is 10.2 Å². The second-order valence-corrected chi connectivity index (χ2v) is 3.00. The fourth-order valence-electron chi connectivity index (χ4n) is 1.50. The summed E-state index contributed by atoms with van der Waals surface area (Å²) in [5.41, 5.74) is 0. The zero-order chi connectivity index (χ0) is 8.43. The Hall–Kier alpha value is -0.570. The Kier molecular flexibility index (Phi) is 2.49. The summed E-state index contributed by atoms with van der Waals surface area (Å²) in [6, 6.07) is 0.0601. The summed E-state index contributed by atoms with van der Waals surface area (Å²) in [6.45, 7) is 4.11. The monoisotopic (exact) mass is 156 g/mol. The first kappa shape index (κ1) is 8.53. The highest BCUT2D eigenvalue weighted by Gasteiger charge is 2.33. The van der Waals surface area contributed by atoms with Crippen molar-refractivity contribution in [3.8, 4) is 0 Å². The number of carbonyl (C=O) groups is 1. The summed E-state index contributed by atoms with van der Waals surface area (Å²) in [6.07, 6.45) is 2.13. The van der Waals surface area contributed by atoms with E-state index in [2.05, 4.69) is 12.2 Å². The van der Waals surface area contributed by atoms with Gasteiger partial charge >= 0.3 is 0 Å². The molecule has 1 rings (SSSR count). The van der Waals surface area contributed by atoms with Gasteiger partial charge in [-0.25, -0.2) is 0 Å². The summed E-state index contributed by atoms with van der Waals surface area (Å²) in [5, 5.41) is 3.27. The minimum Gasteiger partial charge on any atom is -0.329 e. The molecule has 1 heterocycles. The molecule has 1 fully saturated rings. The summed E-state index contributed by atoms with van der Waals surface area (Å²) in [7, 11) is 1.86. The smallest absolute Gasteiger partial charge is 0.240 e. The maximum atomic E-state index is 11.4. The van der Waals surface area contributed by atoms with E-state index in [0.29, 0.717) is 0 Å². The van der Waals surface area contributed by atoms with Gasteiger partial charge in [0.1, 0.15) is 0 Å². The number of likely N-dealkylation sites (N-methyl/N-ethyl adjacent to an activating group) is 1. The van der Waals surface area contributed by atoms with Gasteiger partial charge in [-0.05, 0) is 12.8 Å². The van der Waals surface area contributed by atoms with Crippen molar-refractivity contribution in [2.45, 2.75) is 38.9 Å². The van der Waals surface area contributed by atoms with Crippen LogP contribution in [0.3, 0.4) is 0 Å². The number of nitrogens with zero attached hydrogens (tertiary/aromatic N) is 1. The van der Waals surface area contributed by atoms with E-state index in [0.717, 1.165) is 12.8 Å². The molecule has 1 aliphatic heterocycles. The number of nitrogens with one attached hydrogen (secondary N) is 1. The second-order valence-electron chi connectivity index (χ2n) is 3.00. The van der Waals surface area contributed by atoms with Crippen molar-refractivity contribution < 1.29 is 4.79 Å². The second kappa shape index (κ2) is 3.22. The normalized spacial score (nSPS) is 31.5. The molecule has 2 unspecified atom stereocenters. The van der Waals surface area contributed by atoms with Crippen molar-refractivity contribution in [2.24, 2.45) is 0 Å². The molecule has 0 aromatic rings. The van der Waals surface area contributed by atoms with Crippen LogP contribution in [0.1, 0.15) is 26.7 Å². The standard InChI is InChI=1S/C8H16N2O/c1-4-6-8(11)10(3)7(5-2)9-6/h6-7,9H,4-5H2,1-3H3. The van der Waals surface area contributed by atoms with Crippen LogP contribution in [-0.4, -0.2) is 30.1 Å². The highest BCUT2D eigenvalue weighted by atomic mass is 16.2. The van der Waals surface area contributed by atoms with Gasteiger partial charge in [-0.1, -0.05) is 13.8 Å². The maximum Gasteiger partial charge on any atom is 0.240 e. The average Bonchev–Trinajstić information content (AvgIpc) is 2.30. The molecule has 1 amide bonds. The van der Waals surface area contributed by atoms with Gasteiger partial charge in [0.15, 0.2) is 0 Å². The zero-order valence-corrected chi connectivity index (χ0v) is 7.42. The first-order chi connectivity index (χ1) is 5.20. The van der Waals surface area contributed by atoms with Gasteiger partial charge in [0.05, 0.1) is 12.2 Å². The Morgan fingerprint density at radius 2 is 2.09 bits per heavy atom. The summed E-state index contributed by atoms with van der Waals surface area (Å²) < 4.78 is 0. The average molecular weight is 156 g/mol. The fourth-order valence-corrected chi connectivity index (χ4v) is 1.50. The molecule has 3 heteroatoms. The Labute approximate surface area is 67.8 Å². The van der Waals surface area contributed by atoms with E-state index in [9.17, 15) is 4.79 Å². The fraction of sp³-hybridized carbons (Fsp3) is 0.875. The zero-order valence-electron chi connectivity index (χ0n) is 7.42. The van der Waals surface area contributed by atoms with Crippen LogP contribution in [0.25, 0.3) is 0 Å². The van der Waals surface area contributed by atoms with E-state index in [-0.39, 0.29) is 18.1 Å². The van der Waals surface area contributed by atoms with Crippen molar-refractivity contribution in [2.75, 3.05) is 7.05 Å². The van der Waals surface area contributed by atoms with Gasteiger partial charge in [-0.15, -0.1) is 0 Å². The topological polar surface area (TPSA) is 32.3 Å². The predicted octanol–water partition coefficient (Wildman–Crippen LogP) is 0.563. The number of amides is 1. The SMILES string of the molecule is CCC1NC(CC)N(C)C1=O. The van der Waals surface area contributed by atoms with Crippen molar-refractivity contribution in [3.05, 3.63) is 0 Å². The quantitative estimate of drug-likeness (QED) is 0.633. The minimum atomic E-state index is 0.0601. The maximum absolute atomic E-state index is 11.4. The Morgan fingerprint density at radius 3 is 2.36 bits per heavy atom. The van der Waals surface area contributed by atoms with E-state index in [1.807, 2.05) is 14.0 Å². The molecule has 0 aliphatic carbocycles. The lowest BCUT2D eigenvalue weighted by Gasteiger charge is -2.16. The van der Waals surface area contributed by atoms with E-state index < -0.39 is 0 Å². The molecule has 3 nitrogen and oxygen atoms in total. The number of hydrogen-bond donors (Lipinski definition) is 1. The van der Waals surface area contributed by atoms with Gasteiger partial charge in [0, 0.05) is 7.05 Å². The van der Waals surface area contributed by atoms with Gasteiger partial charge < -0.3 is 4.90 Å². The molecule has 0 saturated carbocycles. The molecule has 0 bridgehead atoms. The molecule has 1 N–H and O–H groups in total. The summed E-state index contributed by atoms with van der Waals surface area (Å²) >= 11 is 0. The first-order valence-corrected chi connectivity index (χ1v) is 4.23. The number of hydrogen-bond acceptors (Lipinski definition) is 2. The van der Waals surface area contributed by atoms with Crippen LogP contribution in [-0.2, 0) is 4.79 Å². The van der Waals surface area contributed by atoms with Gasteiger partial charge in [0.25, 0.3) is 0 Å². The molecular weight excluding hydrogens is 140 g/mol. The van der Waals surface area contributed by atoms with Crippen LogP contribution < -0.4 is 5.32 Å². The Bertz CT molecular complexity index is 154. The molecule has 0 aromatic heterocycles. The molecular formula is C8H16N2O. The highest BCUT2D eigenvalue weighted by molar-refractivity contribution is 5.83. The number of rotatable bonds is 2. The molecule has 1 saturated heterocycles. The van der Waals surface area contributed by atoms with E-state index in [1.54, 1.807) is 4.90 Å². The van der Waals surface area contributed by atoms with Crippen LogP contribution in [0.2, 0.25) is 0 Å². The van der Waals surface area contributed by atoms with E-state index in [4.69, 9.17) is 0 Å². The molecule has 0 spiro atoms. The van der Waals surface area contributed by atoms with E-state index >= 15 is 0 Å². The molecule has 64 valence electrons. The van der Waals surface area contributed by atoms with Crippen LogP contribution in [0.5, 0.6) is 0 Å². The van der Waals surface area contributed by atoms with Crippen LogP contribution in [0, 0.1) is 0 Å². The Balaban J connectivity index is 2.61. The first-order valence-electron chi connectivity index (χ1n) is 4.23. The number of carbonyl (C=O) groups excluding carboxylic acids is 1. The molecule has 0 aromatic carbocycles. The van der Waals surface area contributed by atoms with E-state index in [1.165, 1.54) is 0 Å². The van der Waals surface area contributed by atoms with Gasteiger partial charge in [0.2, 0.25) is 5.91 Å². The molecule has 11 heavy (non-hydrogen) atoms. The lowest BCUT2D eigenvalue weighted by molar-refractivity contribution is -0.128. The third-order valence-electron chi connectivity index (χ3n) is 2.30. The molecule has 2 atom stereocenters. The van der Waals surface area contributed by atoms with Crippen molar-refractivity contribution in [3.63, 3.8) is 0 Å². The minimum absolute atomic E-state index is 0.0601. The third kappa shape index (κ3) is 1.38. The van der Waals surface area contributed by atoms with Crippen molar-refractivity contribution >= 4 is 5.91 Å². The molecule has 1 aliphatic rings. The highest BCUT2D eigenvalue weighted by Crippen LogP contribution is 2.12. The lowest BCUT2D eigenvalue weighted by atomic mass is 10.2. The summed E-state index contributed by atoms with van der Waals surface area (Å²) in [4.78, 5) is 13.2. The lowest BCUT2D eigenvalue weighted by Crippen LogP contribution is -2.33. The van der Waals surface area contributed by atoms with Crippen LogP contribution >= 0.6 is 0 Å². The van der Waals surface area contributed by atoms with Crippen LogP contribution in [0.4, 0.5) is 0 Å². The third-order valence-corrected chi connectivity index (χ3v) is 2.30. The predicted molar refractivity (Wildman–Crippen MR) is 44.1 cm³/mol. The van der Waals surface area contributed by atoms with Crippen LogP contribution in [0.15, 0.2) is 0 Å². The van der Waals surface area contributed by atoms with Gasteiger partial charge in [-0.2, -0.15) is 0 Å². The summed E-state index contributed by atoms with van der Waals surface area (Å²) in [5.74, 6) is 0.236. The Morgan fingerprint density at radius 1 is 1.45 bits per heavy atom. The molecule has 0 radical (unpaired) electrons. The largest absolute Gasteiger partial charge is 0.329 e.